The van der Waals surface area contributed by atoms with Crippen molar-refractivity contribution < 1.29 is 4.74 Å². The quantitative estimate of drug-likeness (QED) is 0.196. The van der Waals surface area contributed by atoms with Crippen molar-refractivity contribution in [1.82, 2.24) is 5.32 Å². The summed E-state index contributed by atoms with van der Waals surface area (Å²) in [7, 11) is 0. The predicted molar refractivity (Wildman–Crippen MR) is 163 cm³/mol. The summed E-state index contributed by atoms with van der Waals surface area (Å²) < 4.78 is 6.27. The van der Waals surface area contributed by atoms with Crippen LogP contribution in [0.1, 0.15) is 143 Å². The first kappa shape index (κ1) is 30.8. The Bertz CT molecular complexity index is 683. The lowest BCUT2D eigenvalue weighted by Gasteiger charge is -2.61. The first-order valence-electron chi connectivity index (χ1n) is 17.5. The summed E-state index contributed by atoms with van der Waals surface area (Å²) in [5.41, 5.74) is 6.89. The number of fused-ring (bicyclic) bond motifs is 5. The molecule has 4 saturated carbocycles. The van der Waals surface area contributed by atoms with Gasteiger partial charge in [0.1, 0.15) is 0 Å². The SMILES string of the molecule is CCCCCCCCNCCC[C@@H](C)C1CCC2C3CCC4C[C@H](OCCCN)CCC4(C)C3CCC21C. The monoisotopic (exact) mass is 531 g/mol. The highest BCUT2D eigenvalue weighted by Gasteiger charge is 2.60. The number of ether oxygens (including phenoxy) is 1. The van der Waals surface area contributed by atoms with Crippen LogP contribution in [-0.2, 0) is 4.74 Å². The van der Waals surface area contributed by atoms with E-state index in [9.17, 15) is 0 Å². The minimum atomic E-state index is 0.502. The van der Waals surface area contributed by atoms with Crippen molar-refractivity contribution in [2.24, 2.45) is 52.1 Å². The highest BCUT2D eigenvalue weighted by Crippen LogP contribution is 2.68. The Hall–Kier alpha value is -0.120. The molecule has 0 spiro atoms. The zero-order valence-electron chi connectivity index (χ0n) is 26.1. The maximum Gasteiger partial charge on any atom is 0.0578 e. The molecule has 0 heterocycles. The lowest BCUT2D eigenvalue weighted by molar-refractivity contribution is -0.136. The summed E-state index contributed by atoms with van der Waals surface area (Å²) in [4.78, 5) is 0. The van der Waals surface area contributed by atoms with Crippen LogP contribution in [0, 0.1) is 46.3 Å². The molecule has 3 nitrogen and oxygen atoms in total. The van der Waals surface area contributed by atoms with Crippen LogP contribution in [0.15, 0.2) is 0 Å². The molecule has 0 aliphatic heterocycles. The van der Waals surface area contributed by atoms with Crippen LogP contribution in [0.3, 0.4) is 0 Å². The van der Waals surface area contributed by atoms with Crippen molar-refractivity contribution in [3.63, 3.8) is 0 Å². The molecular weight excluding hydrogens is 464 g/mol. The topological polar surface area (TPSA) is 47.3 Å². The molecule has 3 heteroatoms. The van der Waals surface area contributed by atoms with Gasteiger partial charge in [0.2, 0.25) is 0 Å². The van der Waals surface area contributed by atoms with Crippen LogP contribution in [0.4, 0.5) is 0 Å². The fraction of sp³-hybridized carbons (Fsp3) is 1.00. The van der Waals surface area contributed by atoms with E-state index in [-0.39, 0.29) is 0 Å². The number of unbranched alkanes of at least 4 members (excludes halogenated alkanes) is 5. The smallest absolute Gasteiger partial charge is 0.0578 e. The first-order chi connectivity index (χ1) is 18.4. The van der Waals surface area contributed by atoms with Crippen molar-refractivity contribution in [2.45, 2.75) is 149 Å². The van der Waals surface area contributed by atoms with E-state index in [2.05, 4.69) is 33.0 Å². The molecule has 0 aromatic rings. The van der Waals surface area contributed by atoms with Gasteiger partial charge in [0.05, 0.1) is 6.10 Å². The Morgan fingerprint density at radius 3 is 2.37 bits per heavy atom. The zero-order valence-corrected chi connectivity index (χ0v) is 26.1. The molecular formula is C35H66N2O. The van der Waals surface area contributed by atoms with Crippen molar-refractivity contribution in [1.29, 1.82) is 0 Å². The van der Waals surface area contributed by atoms with Gasteiger partial charge in [-0.1, -0.05) is 59.8 Å². The van der Waals surface area contributed by atoms with Crippen LogP contribution < -0.4 is 11.1 Å². The zero-order chi connectivity index (χ0) is 27.0. The molecule has 0 radical (unpaired) electrons. The highest BCUT2D eigenvalue weighted by atomic mass is 16.5. The summed E-state index contributed by atoms with van der Waals surface area (Å²) in [6.45, 7) is 14.5. The van der Waals surface area contributed by atoms with Crippen LogP contribution in [-0.4, -0.2) is 32.3 Å². The van der Waals surface area contributed by atoms with E-state index in [1.54, 1.807) is 0 Å². The van der Waals surface area contributed by atoms with Gasteiger partial charge >= 0.3 is 0 Å². The van der Waals surface area contributed by atoms with Gasteiger partial charge in [0.25, 0.3) is 0 Å². The third-order valence-corrected chi connectivity index (χ3v) is 12.8. The predicted octanol–water partition coefficient (Wildman–Crippen LogP) is 8.75. The second-order valence-corrected chi connectivity index (χ2v) is 14.9. The third kappa shape index (κ3) is 7.02. The van der Waals surface area contributed by atoms with E-state index in [1.165, 1.54) is 122 Å². The first-order valence-corrected chi connectivity index (χ1v) is 17.5. The molecule has 4 rings (SSSR count). The summed E-state index contributed by atoms with van der Waals surface area (Å²) in [6.07, 6.45) is 25.7. The Kier molecular flexibility index (Phi) is 11.9. The van der Waals surface area contributed by atoms with Crippen molar-refractivity contribution in [2.75, 3.05) is 26.2 Å². The molecule has 4 aliphatic carbocycles. The van der Waals surface area contributed by atoms with Gasteiger partial charge < -0.3 is 15.8 Å². The van der Waals surface area contributed by atoms with Crippen molar-refractivity contribution >= 4 is 0 Å². The van der Waals surface area contributed by atoms with Gasteiger partial charge in [0.15, 0.2) is 0 Å². The van der Waals surface area contributed by atoms with Gasteiger partial charge in [-0.05, 0) is 149 Å². The van der Waals surface area contributed by atoms with Crippen LogP contribution in [0.2, 0.25) is 0 Å². The molecule has 0 aromatic carbocycles. The van der Waals surface area contributed by atoms with Gasteiger partial charge in [0, 0.05) is 6.61 Å². The largest absolute Gasteiger partial charge is 0.378 e. The second kappa shape index (κ2) is 14.7. The molecule has 0 bridgehead atoms. The summed E-state index contributed by atoms with van der Waals surface area (Å²) in [6, 6.07) is 0. The lowest BCUT2D eigenvalue weighted by Crippen LogP contribution is -2.54. The summed E-state index contributed by atoms with van der Waals surface area (Å²) >= 11 is 0. The summed E-state index contributed by atoms with van der Waals surface area (Å²) in [5, 5.41) is 3.76. The van der Waals surface area contributed by atoms with Crippen LogP contribution >= 0.6 is 0 Å². The number of nitrogens with one attached hydrogen (secondary N) is 1. The Morgan fingerprint density at radius 1 is 0.816 bits per heavy atom. The summed E-state index contributed by atoms with van der Waals surface area (Å²) in [5.74, 6) is 5.72. The average Bonchev–Trinajstić information content (AvgIpc) is 3.27. The van der Waals surface area contributed by atoms with Crippen LogP contribution in [0.25, 0.3) is 0 Å². The van der Waals surface area contributed by atoms with Crippen molar-refractivity contribution in [3.05, 3.63) is 0 Å². The molecule has 0 aromatic heterocycles. The third-order valence-electron chi connectivity index (χ3n) is 12.8. The molecule has 38 heavy (non-hydrogen) atoms. The van der Waals surface area contributed by atoms with Crippen LogP contribution in [0.5, 0.6) is 0 Å². The molecule has 4 fully saturated rings. The maximum absolute atomic E-state index is 6.27. The Balaban J connectivity index is 1.22. The lowest BCUT2D eigenvalue weighted by atomic mass is 9.44. The second-order valence-electron chi connectivity index (χ2n) is 14.9. The van der Waals surface area contributed by atoms with Crippen molar-refractivity contribution in [3.8, 4) is 0 Å². The van der Waals surface area contributed by atoms with E-state index in [0.29, 0.717) is 16.9 Å². The number of rotatable bonds is 16. The number of hydrogen-bond donors (Lipinski definition) is 2. The minimum Gasteiger partial charge on any atom is -0.378 e. The molecule has 3 N–H and O–H groups in total. The number of hydrogen-bond acceptors (Lipinski definition) is 3. The van der Waals surface area contributed by atoms with E-state index >= 15 is 0 Å². The average molecular weight is 531 g/mol. The molecule has 7 unspecified atom stereocenters. The molecule has 4 aliphatic rings. The van der Waals surface area contributed by atoms with Gasteiger partial charge in [-0.3, -0.25) is 0 Å². The van der Waals surface area contributed by atoms with Gasteiger partial charge in [-0.2, -0.15) is 0 Å². The molecule has 0 amide bonds. The highest BCUT2D eigenvalue weighted by molar-refractivity contribution is 5.09. The van der Waals surface area contributed by atoms with Gasteiger partial charge in [-0.25, -0.2) is 0 Å². The minimum absolute atomic E-state index is 0.502. The van der Waals surface area contributed by atoms with Gasteiger partial charge in [-0.15, -0.1) is 0 Å². The van der Waals surface area contributed by atoms with E-state index in [1.807, 2.05) is 0 Å². The van der Waals surface area contributed by atoms with E-state index in [0.717, 1.165) is 55.1 Å². The maximum atomic E-state index is 6.27. The Labute approximate surface area is 237 Å². The van der Waals surface area contributed by atoms with E-state index < -0.39 is 0 Å². The van der Waals surface area contributed by atoms with E-state index in [4.69, 9.17) is 10.5 Å². The molecule has 9 atom stereocenters. The standard InChI is InChI=1S/C35H66N2O/c1-5-6-7-8-9-10-23-37-24-11-13-27(2)31-16-17-32-30-15-14-28-26-29(38-25-12-22-36)18-20-34(28,3)33(30)19-21-35(31,32)4/h27-33,37H,5-26,36H2,1-4H3/t27-,28?,29-,30?,31?,32?,33?,34?,35?/m1/s1. The fourth-order valence-electron chi connectivity index (χ4n) is 10.6. The molecule has 0 saturated heterocycles. The normalized spacial score (nSPS) is 39.4. The number of nitrogens with two attached hydrogens (primary N) is 1. The fourth-order valence-corrected chi connectivity index (χ4v) is 10.6. The molecule has 222 valence electrons. The Morgan fingerprint density at radius 2 is 1.55 bits per heavy atom.